The fourth-order valence-electron chi connectivity index (χ4n) is 1.66. The first-order valence-corrected chi connectivity index (χ1v) is 6.87. The van der Waals surface area contributed by atoms with Crippen LogP contribution >= 0.6 is 27.5 Å². The topological polar surface area (TPSA) is 55.2 Å². The number of nitrogens with one attached hydrogen (secondary N) is 1. The molecule has 110 valence electrons. The lowest BCUT2D eigenvalue weighted by atomic mass is 10.1. The fraction of sp³-hybridized carbons (Fsp3) is 0.0769. The Kier molecular flexibility index (Phi) is 4.74. The normalized spacial score (nSPS) is 10.5. The van der Waals surface area contributed by atoms with Gasteiger partial charge >= 0.3 is 5.69 Å². The Bertz CT molecular complexity index is 713. The number of nitro groups is 1. The van der Waals surface area contributed by atoms with Gasteiger partial charge in [-0.2, -0.15) is 4.39 Å². The van der Waals surface area contributed by atoms with Crippen LogP contribution in [0.15, 0.2) is 34.8 Å². The summed E-state index contributed by atoms with van der Waals surface area (Å²) < 4.78 is 27.5. The first-order valence-electron chi connectivity index (χ1n) is 5.69. The first-order chi connectivity index (χ1) is 9.88. The molecule has 0 aliphatic rings. The SMILES string of the molecule is O=[N+]([O-])c1cc(CNc2ccc(Cl)c(Br)c2)c(F)cc1F. The van der Waals surface area contributed by atoms with Crippen molar-refractivity contribution in [2.24, 2.45) is 0 Å². The molecule has 0 aliphatic carbocycles. The number of nitrogens with zero attached hydrogens (tertiary/aromatic N) is 1. The highest BCUT2D eigenvalue weighted by molar-refractivity contribution is 9.10. The van der Waals surface area contributed by atoms with Crippen LogP contribution in [0.2, 0.25) is 5.02 Å². The third-order valence-electron chi connectivity index (χ3n) is 2.72. The molecule has 0 fully saturated rings. The smallest absolute Gasteiger partial charge is 0.305 e. The lowest BCUT2D eigenvalue weighted by molar-refractivity contribution is -0.387. The predicted octanol–water partition coefficient (Wildman–Crippen LogP) is 4.90. The van der Waals surface area contributed by atoms with Gasteiger partial charge in [0.05, 0.1) is 9.95 Å². The molecule has 0 amide bonds. The highest BCUT2D eigenvalue weighted by Gasteiger charge is 2.18. The Morgan fingerprint density at radius 2 is 1.95 bits per heavy atom. The maximum atomic E-state index is 13.6. The van der Waals surface area contributed by atoms with Crippen molar-refractivity contribution in [3.63, 3.8) is 0 Å². The summed E-state index contributed by atoms with van der Waals surface area (Å²) in [5.74, 6) is -2.05. The first kappa shape index (κ1) is 15.7. The van der Waals surface area contributed by atoms with Crippen molar-refractivity contribution in [2.45, 2.75) is 6.54 Å². The van der Waals surface area contributed by atoms with Crippen LogP contribution in [0, 0.1) is 21.7 Å². The Hall–Kier alpha value is -1.73. The van der Waals surface area contributed by atoms with E-state index in [1.807, 2.05) is 0 Å². The molecule has 0 saturated carbocycles. The highest BCUT2D eigenvalue weighted by atomic mass is 79.9. The van der Waals surface area contributed by atoms with E-state index >= 15 is 0 Å². The molecule has 2 aromatic rings. The van der Waals surface area contributed by atoms with Crippen molar-refractivity contribution in [3.05, 3.63) is 67.1 Å². The zero-order valence-electron chi connectivity index (χ0n) is 10.4. The number of benzene rings is 2. The second-order valence-electron chi connectivity index (χ2n) is 4.13. The maximum absolute atomic E-state index is 13.6. The van der Waals surface area contributed by atoms with Gasteiger partial charge in [0, 0.05) is 34.4 Å². The number of nitro benzene ring substituents is 1. The molecule has 4 nitrogen and oxygen atoms in total. The van der Waals surface area contributed by atoms with E-state index in [-0.39, 0.29) is 12.1 Å². The van der Waals surface area contributed by atoms with Gasteiger partial charge in [0.2, 0.25) is 5.82 Å². The van der Waals surface area contributed by atoms with Crippen LogP contribution in [0.5, 0.6) is 0 Å². The van der Waals surface area contributed by atoms with Crippen molar-refractivity contribution < 1.29 is 13.7 Å². The fourth-order valence-corrected chi connectivity index (χ4v) is 2.16. The van der Waals surface area contributed by atoms with Gasteiger partial charge in [-0.1, -0.05) is 11.6 Å². The van der Waals surface area contributed by atoms with Crippen LogP contribution < -0.4 is 5.32 Å². The average molecular weight is 378 g/mol. The summed E-state index contributed by atoms with van der Waals surface area (Å²) in [5.41, 5.74) is -0.127. The van der Waals surface area contributed by atoms with Crippen LogP contribution in [0.3, 0.4) is 0 Å². The van der Waals surface area contributed by atoms with Gasteiger partial charge in [-0.15, -0.1) is 0 Å². The minimum Gasteiger partial charge on any atom is -0.381 e. The van der Waals surface area contributed by atoms with Crippen molar-refractivity contribution in [3.8, 4) is 0 Å². The number of halogens is 4. The van der Waals surface area contributed by atoms with E-state index in [0.29, 0.717) is 21.2 Å². The van der Waals surface area contributed by atoms with Gasteiger partial charge in [-0.3, -0.25) is 10.1 Å². The highest BCUT2D eigenvalue weighted by Crippen LogP contribution is 2.27. The molecule has 0 spiro atoms. The maximum Gasteiger partial charge on any atom is 0.305 e. The Morgan fingerprint density at radius 3 is 2.57 bits per heavy atom. The van der Waals surface area contributed by atoms with E-state index < -0.39 is 22.2 Å². The van der Waals surface area contributed by atoms with E-state index in [4.69, 9.17) is 11.6 Å². The molecule has 0 bridgehead atoms. The lowest BCUT2D eigenvalue weighted by Gasteiger charge is -2.09. The molecule has 8 heteroatoms. The largest absolute Gasteiger partial charge is 0.381 e. The Morgan fingerprint density at radius 1 is 1.24 bits per heavy atom. The number of anilines is 1. The second-order valence-corrected chi connectivity index (χ2v) is 5.40. The molecule has 0 heterocycles. The summed E-state index contributed by atoms with van der Waals surface area (Å²) in [6, 6.07) is 6.37. The van der Waals surface area contributed by atoms with Crippen LogP contribution in [0.1, 0.15) is 5.56 Å². The Balaban J connectivity index is 2.21. The van der Waals surface area contributed by atoms with E-state index in [1.165, 1.54) is 0 Å². The van der Waals surface area contributed by atoms with Crippen LogP contribution in [0.4, 0.5) is 20.2 Å². The molecule has 0 unspecified atom stereocenters. The molecular formula is C13H8BrClF2N2O2. The molecule has 0 aromatic heterocycles. The van der Waals surface area contributed by atoms with Gasteiger partial charge in [0.15, 0.2) is 0 Å². The minimum atomic E-state index is -1.20. The monoisotopic (exact) mass is 376 g/mol. The molecule has 2 aromatic carbocycles. The van der Waals surface area contributed by atoms with Crippen molar-refractivity contribution in [2.75, 3.05) is 5.32 Å². The molecule has 0 aliphatic heterocycles. The zero-order chi connectivity index (χ0) is 15.6. The summed E-state index contributed by atoms with van der Waals surface area (Å²) >= 11 is 9.09. The predicted molar refractivity (Wildman–Crippen MR) is 79.5 cm³/mol. The van der Waals surface area contributed by atoms with Gasteiger partial charge in [-0.25, -0.2) is 4.39 Å². The summed E-state index contributed by atoms with van der Waals surface area (Å²) in [4.78, 5) is 9.75. The summed E-state index contributed by atoms with van der Waals surface area (Å²) in [7, 11) is 0. The van der Waals surface area contributed by atoms with E-state index in [9.17, 15) is 18.9 Å². The number of hydrogen-bond donors (Lipinski definition) is 1. The minimum absolute atomic E-state index is 0.00540. The quantitative estimate of drug-likeness (QED) is 0.609. The average Bonchev–Trinajstić information content (AvgIpc) is 2.41. The third kappa shape index (κ3) is 3.68. The molecule has 21 heavy (non-hydrogen) atoms. The molecule has 0 atom stereocenters. The van der Waals surface area contributed by atoms with E-state index in [0.717, 1.165) is 6.07 Å². The van der Waals surface area contributed by atoms with Crippen molar-refractivity contribution in [1.82, 2.24) is 0 Å². The summed E-state index contributed by atoms with van der Waals surface area (Å²) in [6.45, 7) is -0.0268. The zero-order valence-corrected chi connectivity index (χ0v) is 12.7. The van der Waals surface area contributed by atoms with Crippen molar-refractivity contribution >= 4 is 38.9 Å². The van der Waals surface area contributed by atoms with Gasteiger partial charge in [0.25, 0.3) is 0 Å². The summed E-state index contributed by atoms with van der Waals surface area (Å²) in [5, 5.41) is 14.0. The number of rotatable bonds is 4. The molecule has 2 rings (SSSR count). The van der Waals surface area contributed by atoms with Crippen LogP contribution in [-0.4, -0.2) is 4.92 Å². The van der Waals surface area contributed by atoms with Crippen LogP contribution in [-0.2, 0) is 6.54 Å². The van der Waals surface area contributed by atoms with Crippen molar-refractivity contribution in [1.29, 1.82) is 0 Å². The molecular weight excluding hydrogens is 370 g/mol. The molecule has 1 N–H and O–H groups in total. The molecule has 0 radical (unpaired) electrons. The van der Waals surface area contributed by atoms with Gasteiger partial charge < -0.3 is 5.32 Å². The Labute approximate surface area is 132 Å². The number of hydrogen-bond acceptors (Lipinski definition) is 3. The standard InChI is InChI=1S/C13H8BrClF2N2O2/c14-9-4-8(1-2-10(9)15)18-6-7-3-13(19(20)21)12(17)5-11(7)16/h1-5,18H,6H2. The summed E-state index contributed by atoms with van der Waals surface area (Å²) in [6.07, 6.45) is 0. The van der Waals surface area contributed by atoms with E-state index in [2.05, 4.69) is 21.2 Å². The van der Waals surface area contributed by atoms with Gasteiger partial charge in [0.1, 0.15) is 5.82 Å². The van der Waals surface area contributed by atoms with Crippen LogP contribution in [0.25, 0.3) is 0 Å². The third-order valence-corrected chi connectivity index (χ3v) is 3.93. The lowest BCUT2D eigenvalue weighted by Crippen LogP contribution is -2.04. The van der Waals surface area contributed by atoms with Gasteiger partial charge in [-0.05, 0) is 34.1 Å². The molecule has 0 saturated heterocycles. The second kappa shape index (κ2) is 6.36. The van der Waals surface area contributed by atoms with E-state index in [1.54, 1.807) is 18.2 Å².